The first-order valence-corrected chi connectivity index (χ1v) is 29.2. The molecule has 0 aromatic heterocycles. The van der Waals surface area contributed by atoms with Crippen molar-refractivity contribution in [3.63, 3.8) is 0 Å². The van der Waals surface area contributed by atoms with E-state index < -0.39 is 124 Å². The monoisotopic (exact) mass is 1090 g/mol. The van der Waals surface area contributed by atoms with Crippen molar-refractivity contribution in [3.05, 3.63) is 36.5 Å². The standard InChI is InChI=1S/C57H103NO18/c1-3-5-7-9-10-11-12-13-14-15-16-17-18-19-20-21-22-23-24-25-26-27-28-29-30-31-33-35-45(63)58-40(41(62)34-32-8-6-4-2)39-71-55-51(69)48(66)53(43(37-60)73-55)76-57-52(70)49(67)54(44(38-61)74-57)75-56-50(68)47(65)46(64)42(36-59)72-56/h12-13,15-16,32,34,40-44,46-57,59-62,64-70H,3-11,14,17-31,33,35-39H2,1-2H3,(H,58,63)/b13-12-,16-15-,34-32+. The van der Waals surface area contributed by atoms with Crippen LogP contribution >= 0.6 is 0 Å². The molecule has 76 heavy (non-hydrogen) atoms. The predicted molar refractivity (Wildman–Crippen MR) is 286 cm³/mol. The van der Waals surface area contributed by atoms with Crippen molar-refractivity contribution >= 4 is 5.91 Å². The molecule has 0 aromatic carbocycles. The zero-order valence-corrected chi connectivity index (χ0v) is 46.0. The van der Waals surface area contributed by atoms with E-state index in [1.54, 1.807) is 6.08 Å². The summed E-state index contributed by atoms with van der Waals surface area (Å²) in [6.07, 6.45) is 16.8. The number of nitrogens with one attached hydrogen (secondary N) is 1. The average molecular weight is 1090 g/mol. The normalized spacial score (nSPS) is 31.2. The van der Waals surface area contributed by atoms with Crippen LogP contribution < -0.4 is 5.32 Å². The first-order valence-electron chi connectivity index (χ1n) is 29.2. The van der Waals surface area contributed by atoms with Gasteiger partial charge in [0.2, 0.25) is 5.91 Å². The molecule has 0 bridgehead atoms. The van der Waals surface area contributed by atoms with Gasteiger partial charge < -0.3 is 89.9 Å². The molecular formula is C57H103NO18. The molecule has 3 saturated heterocycles. The number of rotatable bonds is 42. The average Bonchev–Trinajstić information content (AvgIpc) is 3.42. The summed E-state index contributed by atoms with van der Waals surface area (Å²) in [6, 6.07) is -0.967. The highest BCUT2D eigenvalue weighted by atomic mass is 16.8. The van der Waals surface area contributed by atoms with E-state index in [0.717, 1.165) is 38.5 Å². The highest BCUT2D eigenvalue weighted by Gasteiger charge is 2.53. The molecule has 0 aromatic rings. The third-order valence-corrected chi connectivity index (χ3v) is 14.7. The Hall–Kier alpha value is -1.99. The Morgan fingerprint density at radius 2 is 0.882 bits per heavy atom. The molecule has 0 spiro atoms. The molecule has 0 radical (unpaired) electrons. The van der Waals surface area contributed by atoms with Crippen molar-refractivity contribution in [1.29, 1.82) is 0 Å². The maximum Gasteiger partial charge on any atom is 0.220 e. The van der Waals surface area contributed by atoms with Crippen LogP contribution in [0.4, 0.5) is 0 Å². The highest BCUT2D eigenvalue weighted by molar-refractivity contribution is 5.76. The largest absolute Gasteiger partial charge is 0.394 e. The summed E-state index contributed by atoms with van der Waals surface area (Å²) in [6.45, 7) is 1.53. The summed E-state index contributed by atoms with van der Waals surface area (Å²) >= 11 is 0. The summed E-state index contributed by atoms with van der Waals surface area (Å²) in [5, 5.41) is 119. The van der Waals surface area contributed by atoms with E-state index in [-0.39, 0.29) is 18.9 Å². The zero-order valence-electron chi connectivity index (χ0n) is 46.0. The highest BCUT2D eigenvalue weighted by Crippen LogP contribution is 2.33. The minimum Gasteiger partial charge on any atom is -0.394 e. The van der Waals surface area contributed by atoms with Gasteiger partial charge in [0.05, 0.1) is 38.6 Å². The van der Waals surface area contributed by atoms with Crippen molar-refractivity contribution in [3.8, 4) is 0 Å². The quantitative estimate of drug-likeness (QED) is 0.0295. The van der Waals surface area contributed by atoms with Gasteiger partial charge in [0, 0.05) is 6.42 Å². The van der Waals surface area contributed by atoms with E-state index in [4.69, 9.17) is 28.4 Å². The van der Waals surface area contributed by atoms with Crippen molar-refractivity contribution in [2.75, 3.05) is 26.4 Å². The molecule has 444 valence electrons. The molecule has 17 unspecified atom stereocenters. The van der Waals surface area contributed by atoms with Gasteiger partial charge in [-0.3, -0.25) is 4.79 Å². The summed E-state index contributed by atoms with van der Waals surface area (Å²) in [7, 11) is 0. The number of allylic oxidation sites excluding steroid dienone is 5. The fourth-order valence-corrected chi connectivity index (χ4v) is 9.79. The maximum absolute atomic E-state index is 13.2. The van der Waals surface area contributed by atoms with E-state index in [2.05, 4.69) is 36.5 Å². The molecule has 3 heterocycles. The number of amides is 1. The lowest BCUT2D eigenvalue weighted by atomic mass is 9.96. The summed E-state index contributed by atoms with van der Waals surface area (Å²) in [5.74, 6) is -0.286. The predicted octanol–water partition coefficient (Wildman–Crippen LogP) is 4.54. The van der Waals surface area contributed by atoms with Crippen LogP contribution in [-0.2, 0) is 33.2 Å². The van der Waals surface area contributed by atoms with Crippen LogP contribution in [0.5, 0.6) is 0 Å². The number of carbonyl (C=O) groups is 1. The lowest BCUT2D eigenvalue weighted by Crippen LogP contribution is -2.66. The molecular weight excluding hydrogens is 987 g/mol. The molecule has 0 saturated carbocycles. The Morgan fingerprint density at radius 3 is 1.37 bits per heavy atom. The van der Waals surface area contributed by atoms with E-state index in [1.165, 1.54) is 116 Å². The fraction of sp³-hybridized carbons (Fsp3) is 0.877. The second-order valence-corrected chi connectivity index (χ2v) is 21.1. The number of carbonyl (C=O) groups excluding carboxylic acids is 1. The van der Waals surface area contributed by atoms with Crippen LogP contribution in [0, 0.1) is 0 Å². The Bertz CT molecular complexity index is 1540. The van der Waals surface area contributed by atoms with Gasteiger partial charge in [0.25, 0.3) is 0 Å². The SMILES string of the molecule is CCCC/C=C/C(O)C(COC1OC(CO)C(OC2OC(CO)C(OC3OC(CO)C(O)C(O)C3O)C(O)C2O)C(O)C1O)NC(=O)CCCCCCCCCCCCCCCCC/C=C\C/C=C\CCCCCCC. The van der Waals surface area contributed by atoms with Crippen molar-refractivity contribution in [2.45, 2.75) is 291 Å². The van der Waals surface area contributed by atoms with Gasteiger partial charge in [-0.05, 0) is 44.9 Å². The third kappa shape index (κ3) is 25.2. The zero-order chi connectivity index (χ0) is 55.5. The van der Waals surface area contributed by atoms with E-state index in [0.29, 0.717) is 12.8 Å². The number of aliphatic hydroxyl groups excluding tert-OH is 11. The molecule has 19 nitrogen and oxygen atoms in total. The van der Waals surface area contributed by atoms with Gasteiger partial charge in [-0.2, -0.15) is 0 Å². The van der Waals surface area contributed by atoms with Crippen LogP contribution in [0.2, 0.25) is 0 Å². The Morgan fingerprint density at radius 1 is 0.474 bits per heavy atom. The summed E-state index contributed by atoms with van der Waals surface area (Å²) in [5.41, 5.74) is 0. The maximum atomic E-state index is 13.2. The lowest BCUT2D eigenvalue weighted by molar-refractivity contribution is -0.379. The first kappa shape index (κ1) is 68.3. The number of ether oxygens (including phenoxy) is 6. The van der Waals surface area contributed by atoms with Crippen molar-refractivity contribution in [2.24, 2.45) is 0 Å². The minimum absolute atomic E-state index is 0.242. The topological polar surface area (TPSA) is 307 Å². The van der Waals surface area contributed by atoms with E-state index in [9.17, 15) is 61.0 Å². The van der Waals surface area contributed by atoms with Gasteiger partial charge in [-0.25, -0.2) is 0 Å². The van der Waals surface area contributed by atoms with Crippen molar-refractivity contribution in [1.82, 2.24) is 5.32 Å². The minimum atomic E-state index is -1.97. The van der Waals surface area contributed by atoms with Crippen LogP contribution in [0.15, 0.2) is 36.5 Å². The number of aliphatic hydroxyl groups is 11. The number of unbranched alkanes of at least 4 members (excludes halogenated alkanes) is 22. The third-order valence-electron chi connectivity index (χ3n) is 14.7. The Kier molecular flexibility index (Phi) is 36.9. The van der Waals surface area contributed by atoms with Gasteiger partial charge in [-0.1, -0.05) is 172 Å². The fourth-order valence-electron chi connectivity index (χ4n) is 9.79. The van der Waals surface area contributed by atoms with Gasteiger partial charge >= 0.3 is 0 Å². The second kappa shape index (κ2) is 41.1. The van der Waals surface area contributed by atoms with Crippen LogP contribution in [0.1, 0.15) is 187 Å². The van der Waals surface area contributed by atoms with Crippen LogP contribution in [0.25, 0.3) is 0 Å². The Labute approximate surface area is 453 Å². The molecule has 0 aliphatic carbocycles. The first-order chi connectivity index (χ1) is 36.8. The number of hydrogen-bond donors (Lipinski definition) is 12. The molecule has 17 atom stereocenters. The smallest absolute Gasteiger partial charge is 0.220 e. The van der Waals surface area contributed by atoms with Gasteiger partial charge in [-0.15, -0.1) is 0 Å². The summed E-state index contributed by atoms with van der Waals surface area (Å²) in [4.78, 5) is 13.2. The van der Waals surface area contributed by atoms with E-state index in [1.807, 2.05) is 13.0 Å². The molecule has 12 N–H and O–H groups in total. The molecule has 3 fully saturated rings. The Balaban J connectivity index is 1.34. The van der Waals surface area contributed by atoms with Crippen LogP contribution in [-0.4, -0.2) is 193 Å². The molecule has 1 amide bonds. The second-order valence-electron chi connectivity index (χ2n) is 21.1. The number of hydrogen-bond acceptors (Lipinski definition) is 18. The van der Waals surface area contributed by atoms with Crippen LogP contribution in [0.3, 0.4) is 0 Å². The van der Waals surface area contributed by atoms with E-state index >= 15 is 0 Å². The van der Waals surface area contributed by atoms with Gasteiger partial charge in [0.15, 0.2) is 18.9 Å². The van der Waals surface area contributed by atoms with Crippen molar-refractivity contribution < 1.29 is 89.4 Å². The molecule has 3 aliphatic heterocycles. The summed E-state index contributed by atoms with van der Waals surface area (Å²) < 4.78 is 34.0. The molecule has 3 rings (SSSR count). The lowest BCUT2D eigenvalue weighted by Gasteiger charge is -2.48. The van der Waals surface area contributed by atoms with Gasteiger partial charge in [0.1, 0.15) is 73.2 Å². The molecule has 19 heteroatoms. The molecule has 3 aliphatic rings.